The molecule has 1 aromatic rings. The van der Waals surface area contributed by atoms with Crippen molar-refractivity contribution < 1.29 is 9.59 Å². The molecule has 0 saturated heterocycles. The summed E-state index contributed by atoms with van der Waals surface area (Å²) >= 11 is 5.31. The van der Waals surface area contributed by atoms with Crippen LogP contribution in [0, 0.1) is 0 Å². The van der Waals surface area contributed by atoms with Gasteiger partial charge in [0, 0.05) is 5.56 Å². The summed E-state index contributed by atoms with van der Waals surface area (Å²) in [5, 5.41) is -0.545. The third-order valence-corrected chi connectivity index (χ3v) is 1.75. The van der Waals surface area contributed by atoms with E-state index in [1.54, 1.807) is 24.3 Å². The average molecular weight is 196 g/mol. The highest BCUT2D eigenvalue weighted by atomic mass is 35.5. The van der Waals surface area contributed by atoms with E-state index in [4.69, 9.17) is 11.6 Å². The number of carbonyl (C=O) groups is 1. The first-order chi connectivity index (χ1) is 6.25. The van der Waals surface area contributed by atoms with Crippen LogP contribution in [0.3, 0.4) is 0 Å². The molecule has 0 aliphatic carbocycles. The molecule has 4 heteroatoms. The first-order valence-corrected chi connectivity index (χ1v) is 3.95. The summed E-state index contributed by atoms with van der Waals surface area (Å²) in [7, 11) is 0. The van der Waals surface area contributed by atoms with Crippen molar-refractivity contribution in [3.05, 3.63) is 35.4 Å². The van der Waals surface area contributed by atoms with Gasteiger partial charge in [0.2, 0.25) is 6.08 Å². The summed E-state index contributed by atoms with van der Waals surface area (Å²) < 4.78 is 0. The third kappa shape index (κ3) is 2.51. The summed E-state index contributed by atoms with van der Waals surface area (Å²) in [6.45, 7) is 0.137. The van der Waals surface area contributed by atoms with E-state index in [1.165, 1.54) is 6.08 Å². The van der Waals surface area contributed by atoms with Crippen LogP contribution in [0.15, 0.2) is 29.3 Å². The molecule has 0 fully saturated rings. The summed E-state index contributed by atoms with van der Waals surface area (Å²) in [6, 6.07) is 6.73. The Labute approximate surface area is 80.0 Å². The van der Waals surface area contributed by atoms with Gasteiger partial charge in [0.05, 0.1) is 6.54 Å². The molecule has 0 unspecified atom stereocenters. The Morgan fingerprint density at radius 1 is 1.46 bits per heavy atom. The predicted molar refractivity (Wildman–Crippen MR) is 48.5 cm³/mol. The number of hydrogen-bond donors (Lipinski definition) is 0. The molecule has 13 heavy (non-hydrogen) atoms. The smallest absolute Gasteiger partial charge is 0.252 e. The first-order valence-electron chi connectivity index (χ1n) is 3.57. The zero-order valence-corrected chi connectivity index (χ0v) is 7.41. The number of aliphatic imine (C=N–C) groups is 1. The number of nitrogens with zero attached hydrogens (tertiary/aromatic N) is 1. The number of benzene rings is 1. The van der Waals surface area contributed by atoms with E-state index in [0.29, 0.717) is 11.1 Å². The molecule has 0 bridgehead atoms. The van der Waals surface area contributed by atoms with Crippen LogP contribution in [-0.2, 0) is 11.3 Å². The van der Waals surface area contributed by atoms with E-state index in [1.807, 2.05) is 0 Å². The number of hydrogen-bond acceptors (Lipinski definition) is 3. The van der Waals surface area contributed by atoms with Crippen LogP contribution in [0.4, 0.5) is 0 Å². The highest BCUT2D eigenvalue weighted by molar-refractivity contribution is 6.67. The quantitative estimate of drug-likeness (QED) is 0.420. The molecule has 0 aliphatic rings. The van der Waals surface area contributed by atoms with Crippen LogP contribution in [0.2, 0.25) is 0 Å². The second-order valence-electron chi connectivity index (χ2n) is 2.34. The third-order valence-electron chi connectivity index (χ3n) is 1.54. The van der Waals surface area contributed by atoms with Gasteiger partial charge in [-0.25, -0.2) is 9.79 Å². The van der Waals surface area contributed by atoms with Gasteiger partial charge in [0.25, 0.3) is 5.24 Å². The number of carbonyl (C=O) groups excluding carboxylic acids is 2. The van der Waals surface area contributed by atoms with Crippen LogP contribution in [0.5, 0.6) is 0 Å². The minimum atomic E-state index is -0.545. The molecule has 0 aromatic heterocycles. The molecular weight excluding hydrogens is 190 g/mol. The Hall–Kier alpha value is -1.44. The van der Waals surface area contributed by atoms with Crippen molar-refractivity contribution in [1.29, 1.82) is 0 Å². The Balaban J connectivity index is 3.04. The van der Waals surface area contributed by atoms with Crippen molar-refractivity contribution in [2.45, 2.75) is 6.54 Å². The second-order valence-corrected chi connectivity index (χ2v) is 2.68. The van der Waals surface area contributed by atoms with Gasteiger partial charge < -0.3 is 0 Å². The highest BCUT2D eigenvalue weighted by Gasteiger charge is 2.06. The van der Waals surface area contributed by atoms with Crippen molar-refractivity contribution in [3.63, 3.8) is 0 Å². The van der Waals surface area contributed by atoms with Crippen LogP contribution in [-0.4, -0.2) is 11.3 Å². The van der Waals surface area contributed by atoms with E-state index in [9.17, 15) is 9.59 Å². The molecule has 0 N–H and O–H groups in total. The first kappa shape index (κ1) is 9.65. The highest BCUT2D eigenvalue weighted by Crippen LogP contribution is 2.12. The second kappa shape index (κ2) is 4.55. The van der Waals surface area contributed by atoms with Crippen LogP contribution >= 0.6 is 11.6 Å². The monoisotopic (exact) mass is 195 g/mol. The maximum absolute atomic E-state index is 10.9. The predicted octanol–water partition coefficient (Wildman–Crippen LogP) is 1.90. The summed E-state index contributed by atoms with van der Waals surface area (Å²) in [5.74, 6) is 0. The van der Waals surface area contributed by atoms with E-state index < -0.39 is 5.24 Å². The molecular formula is C9H6ClNO2. The molecule has 0 amide bonds. The molecule has 1 rings (SSSR count). The fourth-order valence-corrected chi connectivity index (χ4v) is 1.15. The zero-order chi connectivity index (χ0) is 9.68. The lowest BCUT2D eigenvalue weighted by atomic mass is 10.1. The molecule has 0 radical (unpaired) electrons. The molecule has 66 valence electrons. The van der Waals surface area contributed by atoms with Gasteiger partial charge in [-0.3, -0.25) is 4.79 Å². The van der Waals surface area contributed by atoms with Crippen LogP contribution in [0.1, 0.15) is 15.9 Å². The summed E-state index contributed by atoms with van der Waals surface area (Å²) in [4.78, 5) is 24.1. The van der Waals surface area contributed by atoms with Crippen LogP contribution < -0.4 is 0 Å². The van der Waals surface area contributed by atoms with Crippen molar-refractivity contribution in [3.8, 4) is 0 Å². The van der Waals surface area contributed by atoms with Gasteiger partial charge in [-0.15, -0.1) is 0 Å². The van der Waals surface area contributed by atoms with Gasteiger partial charge in [0.15, 0.2) is 0 Å². The van der Waals surface area contributed by atoms with Crippen molar-refractivity contribution in [2.24, 2.45) is 4.99 Å². The fourth-order valence-electron chi connectivity index (χ4n) is 0.967. The molecule has 0 atom stereocenters. The standard InChI is InChI=1S/C9H6ClNO2/c10-9(13)8-4-2-1-3-7(8)5-11-6-12/h1-4H,5H2. The van der Waals surface area contributed by atoms with Crippen LogP contribution in [0.25, 0.3) is 0 Å². The maximum Gasteiger partial charge on any atom is 0.252 e. The van der Waals surface area contributed by atoms with Gasteiger partial charge in [-0.2, -0.15) is 0 Å². The SMILES string of the molecule is O=C=NCc1ccccc1C(=O)Cl. The topological polar surface area (TPSA) is 46.5 Å². The maximum atomic E-state index is 10.9. The minimum absolute atomic E-state index is 0.137. The van der Waals surface area contributed by atoms with Crippen molar-refractivity contribution in [2.75, 3.05) is 0 Å². The zero-order valence-electron chi connectivity index (χ0n) is 6.66. The molecule has 0 spiro atoms. The lowest BCUT2D eigenvalue weighted by Crippen LogP contribution is -1.95. The van der Waals surface area contributed by atoms with Gasteiger partial charge >= 0.3 is 0 Å². The largest absolute Gasteiger partial charge is 0.276 e. The summed E-state index contributed by atoms with van der Waals surface area (Å²) in [6.07, 6.45) is 1.40. The van der Waals surface area contributed by atoms with E-state index in [2.05, 4.69) is 4.99 Å². The molecule has 0 heterocycles. The fraction of sp³-hybridized carbons (Fsp3) is 0.111. The van der Waals surface area contributed by atoms with Crippen molar-refractivity contribution >= 4 is 22.9 Å². The number of halogens is 1. The average Bonchev–Trinajstić information content (AvgIpc) is 2.15. The minimum Gasteiger partial charge on any atom is -0.276 e. The molecule has 0 saturated carbocycles. The number of rotatable bonds is 3. The Bertz CT molecular complexity index is 370. The Morgan fingerprint density at radius 2 is 2.15 bits per heavy atom. The normalized spacial score (nSPS) is 9.00. The molecule has 0 aliphatic heterocycles. The van der Waals surface area contributed by atoms with E-state index >= 15 is 0 Å². The van der Waals surface area contributed by atoms with E-state index in [0.717, 1.165) is 0 Å². The summed E-state index contributed by atoms with van der Waals surface area (Å²) in [5.41, 5.74) is 1.01. The molecule has 3 nitrogen and oxygen atoms in total. The van der Waals surface area contributed by atoms with E-state index in [-0.39, 0.29) is 6.54 Å². The molecule has 1 aromatic carbocycles. The van der Waals surface area contributed by atoms with Gasteiger partial charge in [0.1, 0.15) is 0 Å². The lowest BCUT2D eigenvalue weighted by Gasteiger charge is -1.99. The Kier molecular flexibility index (Phi) is 3.38. The van der Waals surface area contributed by atoms with Crippen molar-refractivity contribution in [1.82, 2.24) is 0 Å². The Morgan fingerprint density at radius 3 is 2.77 bits per heavy atom. The van der Waals surface area contributed by atoms with Gasteiger partial charge in [-0.05, 0) is 23.2 Å². The lowest BCUT2D eigenvalue weighted by molar-refractivity contribution is 0.108. The van der Waals surface area contributed by atoms with Gasteiger partial charge in [-0.1, -0.05) is 18.2 Å². The number of isocyanates is 1.